The second-order valence-corrected chi connectivity index (χ2v) is 2.74. The first-order valence-corrected chi connectivity index (χ1v) is 4.65. The van der Waals surface area contributed by atoms with E-state index in [9.17, 15) is 4.79 Å². The number of imidazole rings is 1. The third-order valence-electron chi connectivity index (χ3n) is 1.51. The van der Waals surface area contributed by atoms with Crippen molar-refractivity contribution in [2.45, 2.75) is 26.2 Å². The van der Waals surface area contributed by atoms with Crippen LogP contribution in [0.25, 0.3) is 0 Å². The van der Waals surface area contributed by atoms with Crippen molar-refractivity contribution >= 4 is 5.97 Å². The van der Waals surface area contributed by atoms with E-state index in [2.05, 4.69) is 16.9 Å². The number of hydrogen-bond donors (Lipinski definition) is 3. The molecule has 1 aromatic heterocycles. The van der Waals surface area contributed by atoms with Crippen LogP contribution < -0.4 is 5.73 Å². The zero-order valence-corrected chi connectivity index (χ0v) is 8.36. The van der Waals surface area contributed by atoms with Crippen molar-refractivity contribution in [1.29, 1.82) is 0 Å². The monoisotopic (exact) mass is 199 g/mol. The van der Waals surface area contributed by atoms with E-state index in [1.54, 1.807) is 0 Å². The molecule has 14 heavy (non-hydrogen) atoms. The molecule has 0 aromatic carbocycles. The number of rotatable bonds is 4. The van der Waals surface area contributed by atoms with E-state index in [-0.39, 0.29) is 5.82 Å². The molecular formula is C9H17N3O2. The minimum Gasteiger partial charge on any atom is -0.475 e. The van der Waals surface area contributed by atoms with E-state index in [0.717, 1.165) is 6.54 Å². The molecule has 0 radical (unpaired) electrons. The molecule has 80 valence electrons. The third-order valence-corrected chi connectivity index (χ3v) is 1.51. The third kappa shape index (κ3) is 6.19. The van der Waals surface area contributed by atoms with Crippen LogP contribution in [-0.4, -0.2) is 27.6 Å². The first kappa shape index (κ1) is 12.6. The van der Waals surface area contributed by atoms with Crippen molar-refractivity contribution in [2.24, 2.45) is 5.73 Å². The van der Waals surface area contributed by atoms with Crippen LogP contribution in [0.4, 0.5) is 0 Å². The average Bonchev–Trinajstić information content (AvgIpc) is 2.68. The van der Waals surface area contributed by atoms with Gasteiger partial charge in [0.2, 0.25) is 5.82 Å². The number of H-pyrrole nitrogens is 1. The molecule has 0 aliphatic heterocycles. The van der Waals surface area contributed by atoms with Crippen LogP contribution in [0.5, 0.6) is 0 Å². The summed E-state index contributed by atoms with van der Waals surface area (Å²) in [6.45, 7) is 3.03. The predicted octanol–water partition coefficient (Wildman–Crippen LogP) is 1.24. The highest BCUT2D eigenvalue weighted by atomic mass is 16.4. The van der Waals surface area contributed by atoms with Gasteiger partial charge in [0, 0.05) is 12.4 Å². The van der Waals surface area contributed by atoms with Gasteiger partial charge in [-0.1, -0.05) is 19.8 Å². The Balaban J connectivity index is 0.000000255. The van der Waals surface area contributed by atoms with Gasteiger partial charge in [-0.2, -0.15) is 0 Å². The van der Waals surface area contributed by atoms with Gasteiger partial charge < -0.3 is 15.8 Å². The van der Waals surface area contributed by atoms with Gasteiger partial charge in [0.05, 0.1) is 0 Å². The Morgan fingerprint density at radius 1 is 1.64 bits per heavy atom. The van der Waals surface area contributed by atoms with Crippen LogP contribution in [0, 0.1) is 0 Å². The molecule has 1 aromatic rings. The summed E-state index contributed by atoms with van der Waals surface area (Å²) in [7, 11) is 0. The number of hydrogen-bond acceptors (Lipinski definition) is 3. The molecule has 5 heteroatoms. The molecule has 5 nitrogen and oxygen atoms in total. The van der Waals surface area contributed by atoms with E-state index in [0.29, 0.717) is 0 Å². The van der Waals surface area contributed by atoms with Crippen LogP contribution in [0.1, 0.15) is 36.8 Å². The minimum absolute atomic E-state index is 0.0231. The second-order valence-electron chi connectivity index (χ2n) is 2.74. The van der Waals surface area contributed by atoms with E-state index >= 15 is 0 Å². The summed E-state index contributed by atoms with van der Waals surface area (Å²) in [6.07, 6.45) is 6.61. The number of aromatic nitrogens is 2. The molecule has 4 N–H and O–H groups in total. The van der Waals surface area contributed by atoms with Crippen molar-refractivity contribution in [1.82, 2.24) is 9.97 Å². The molecule has 0 spiro atoms. The van der Waals surface area contributed by atoms with Gasteiger partial charge in [-0.3, -0.25) is 0 Å². The fourth-order valence-corrected chi connectivity index (χ4v) is 0.777. The molecule has 0 fully saturated rings. The standard InChI is InChI=1S/C5H13N.C4H4N2O2/c1-2-3-4-5-6;7-4(8)3-5-1-2-6-3/h2-6H2,1H3;1-2H,(H,5,6)(H,7,8). The van der Waals surface area contributed by atoms with Crippen LogP contribution >= 0.6 is 0 Å². The number of nitrogens with zero attached hydrogens (tertiary/aromatic N) is 1. The molecule has 0 saturated carbocycles. The summed E-state index contributed by atoms with van der Waals surface area (Å²) in [5.41, 5.74) is 5.21. The molecule has 0 aliphatic carbocycles. The average molecular weight is 199 g/mol. The van der Waals surface area contributed by atoms with Gasteiger partial charge in [0.1, 0.15) is 0 Å². The highest BCUT2D eigenvalue weighted by Crippen LogP contribution is 1.88. The number of carbonyl (C=O) groups is 1. The predicted molar refractivity (Wildman–Crippen MR) is 54.1 cm³/mol. The van der Waals surface area contributed by atoms with Crippen LogP contribution in [0.2, 0.25) is 0 Å². The van der Waals surface area contributed by atoms with Crippen molar-refractivity contribution in [3.8, 4) is 0 Å². The largest absolute Gasteiger partial charge is 0.475 e. The van der Waals surface area contributed by atoms with Gasteiger partial charge in [0.15, 0.2) is 0 Å². The highest BCUT2D eigenvalue weighted by molar-refractivity contribution is 5.82. The van der Waals surface area contributed by atoms with Crippen molar-refractivity contribution in [2.75, 3.05) is 6.54 Å². The van der Waals surface area contributed by atoms with E-state index in [1.165, 1.54) is 31.7 Å². The molecular weight excluding hydrogens is 182 g/mol. The van der Waals surface area contributed by atoms with Gasteiger partial charge in [-0.15, -0.1) is 0 Å². The van der Waals surface area contributed by atoms with Crippen LogP contribution in [0.3, 0.4) is 0 Å². The Morgan fingerprint density at radius 3 is 2.57 bits per heavy atom. The summed E-state index contributed by atoms with van der Waals surface area (Å²) < 4.78 is 0. The number of aromatic carboxylic acids is 1. The fraction of sp³-hybridized carbons (Fsp3) is 0.556. The van der Waals surface area contributed by atoms with Gasteiger partial charge in [0.25, 0.3) is 0 Å². The lowest BCUT2D eigenvalue weighted by atomic mass is 10.3. The fourth-order valence-electron chi connectivity index (χ4n) is 0.777. The lowest BCUT2D eigenvalue weighted by Crippen LogP contribution is -1.97. The first-order chi connectivity index (χ1) is 6.72. The number of carboxylic acids is 1. The Labute approximate surface area is 83.4 Å². The van der Waals surface area contributed by atoms with Crippen molar-refractivity contribution in [3.63, 3.8) is 0 Å². The number of nitrogens with one attached hydrogen (secondary N) is 1. The molecule has 1 rings (SSSR count). The highest BCUT2D eigenvalue weighted by Gasteiger charge is 2.00. The summed E-state index contributed by atoms with van der Waals surface area (Å²) in [4.78, 5) is 15.9. The Hall–Kier alpha value is -1.36. The molecule has 0 bridgehead atoms. The number of unbranched alkanes of at least 4 members (excludes halogenated alkanes) is 2. The molecule has 0 amide bonds. The number of aromatic amines is 1. The van der Waals surface area contributed by atoms with Gasteiger partial charge in [-0.25, -0.2) is 9.78 Å². The Kier molecular flexibility index (Phi) is 7.45. The van der Waals surface area contributed by atoms with Crippen molar-refractivity contribution < 1.29 is 9.90 Å². The quantitative estimate of drug-likeness (QED) is 0.636. The van der Waals surface area contributed by atoms with Gasteiger partial charge >= 0.3 is 5.97 Å². The number of carboxylic acid groups (broad SMARTS) is 1. The zero-order valence-electron chi connectivity index (χ0n) is 8.36. The molecule has 0 atom stereocenters. The summed E-state index contributed by atoms with van der Waals surface area (Å²) >= 11 is 0. The van der Waals surface area contributed by atoms with Crippen LogP contribution in [-0.2, 0) is 0 Å². The summed E-state index contributed by atoms with van der Waals surface area (Å²) in [5, 5.41) is 8.18. The Morgan fingerprint density at radius 2 is 2.36 bits per heavy atom. The van der Waals surface area contributed by atoms with E-state index in [1.807, 2.05) is 0 Å². The Bertz CT molecular complexity index is 230. The smallest absolute Gasteiger partial charge is 0.371 e. The van der Waals surface area contributed by atoms with Gasteiger partial charge in [-0.05, 0) is 13.0 Å². The normalized spacial score (nSPS) is 9.00. The summed E-state index contributed by atoms with van der Waals surface area (Å²) in [6, 6.07) is 0. The SMILES string of the molecule is CCCCCN.O=C(O)c1ncc[nH]1. The molecule has 0 unspecified atom stereocenters. The maximum absolute atomic E-state index is 9.97. The summed E-state index contributed by atoms with van der Waals surface area (Å²) in [5.74, 6) is -1.06. The minimum atomic E-state index is -1.03. The van der Waals surface area contributed by atoms with Crippen LogP contribution in [0.15, 0.2) is 12.4 Å². The molecule has 0 saturated heterocycles. The molecule has 1 heterocycles. The van der Waals surface area contributed by atoms with E-state index in [4.69, 9.17) is 10.8 Å². The zero-order chi connectivity index (χ0) is 10.8. The molecule has 0 aliphatic rings. The maximum atomic E-state index is 9.97. The lowest BCUT2D eigenvalue weighted by molar-refractivity contribution is 0.0685. The number of nitrogens with two attached hydrogens (primary N) is 1. The van der Waals surface area contributed by atoms with E-state index < -0.39 is 5.97 Å². The topological polar surface area (TPSA) is 92.0 Å². The maximum Gasteiger partial charge on any atom is 0.371 e. The lowest BCUT2D eigenvalue weighted by Gasteiger charge is -1.86. The first-order valence-electron chi connectivity index (χ1n) is 4.65. The van der Waals surface area contributed by atoms with Crippen molar-refractivity contribution in [3.05, 3.63) is 18.2 Å². The second kappa shape index (κ2) is 8.25.